The van der Waals surface area contributed by atoms with Gasteiger partial charge in [-0.15, -0.1) is 0 Å². The van der Waals surface area contributed by atoms with Crippen LogP contribution in [0.25, 0.3) is 0 Å². The lowest BCUT2D eigenvalue weighted by atomic mass is 9.98. The molecule has 0 N–H and O–H groups in total. The number of benzene rings is 4. The minimum absolute atomic E-state index is 0.131. The molecular weight excluding hydrogens is 482 g/mol. The number of carbonyl (C=O) groups excluding carboxylic acids is 1. The van der Waals surface area contributed by atoms with Crippen LogP contribution >= 0.6 is 0 Å². The summed E-state index contributed by atoms with van der Waals surface area (Å²) in [4.78, 5) is 29.1. The van der Waals surface area contributed by atoms with Crippen molar-refractivity contribution in [2.24, 2.45) is 0 Å². The molecule has 4 aromatic rings. The van der Waals surface area contributed by atoms with Gasteiger partial charge in [0.1, 0.15) is 17.7 Å². The summed E-state index contributed by atoms with van der Waals surface area (Å²) in [5.74, 6) is 0.930. The number of rotatable bonds is 8. The summed E-state index contributed by atoms with van der Waals surface area (Å²) >= 11 is 0. The molecule has 1 atom stereocenters. The summed E-state index contributed by atoms with van der Waals surface area (Å²) < 4.78 is 11.3. The van der Waals surface area contributed by atoms with E-state index in [9.17, 15) is 14.9 Å². The number of nitrogens with zero attached hydrogens (tertiary/aromatic N) is 3. The second kappa shape index (κ2) is 10.6. The molecule has 1 amide bonds. The van der Waals surface area contributed by atoms with E-state index in [4.69, 9.17) is 9.47 Å². The SMILES string of the molecule is COc1ccc(OC)c([C@H]2N(Cc3ccccc3)C(=O)c3cc([N+](=O)[O-])ccc3N2Cc2ccccc2)c1. The van der Waals surface area contributed by atoms with Gasteiger partial charge in [-0.2, -0.15) is 0 Å². The van der Waals surface area contributed by atoms with Gasteiger partial charge < -0.3 is 19.3 Å². The largest absolute Gasteiger partial charge is 0.497 e. The fraction of sp³-hybridized carbons (Fsp3) is 0.167. The first-order valence-electron chi connectivity index (χ1n) is 12.2. The van der Waals surface area contributed by atoms with Crippen LogP contribution in [0.5, 0.6) is 11.5 Å². The third kappa shape index (κ3) is 4.76. The van der Waals surface area contributed by atoms with Gasteiger partial charge in [-0.3, -0.25) is 14.9 Å². The molecule has 0 spiro atoms. The Bertz CT molecular complexity index is 1460. The van der Waals surface area contributed by atoms with E-state index in [0.29, 0.717) is 23.7 Å². The van der Waals surface area contributed by atoms with Crippen LogP contribution in [0.1, 0.15) is 33.2 Å². The number of methoxy groups -OCH3 is 2. The van der Waals surface area contributed by atoms with Gasteiger partial charge in [0.2, 0.25) is 0 Å². The van der Waals surface area contributed by atoms with E-state index in [0.717, 1.165) is 16.7 Å². The normalized spacial score (nSPS) is 14.7. The number of anilines is 1. The van der Waals surface area contributed by atoms with E-state index in [1.165, 1.54) is 12.1 Å². The zero-order valence-electron chi connectivity index (χ0n) is 21.1. The summed E-state index contributed by atoms with van der Waals surface area (Å²) in [5, 5.41) is 11.6. The first-order valence-corrected chi connectivity index (χ1v) is 12.2. The number of hydrogen-bond donors (Lipinski definition) is 0. The second-order valence-electron chi connectivity index (χ2n) is 8.97. The van der Waals surface area contributed by atoms with Gasteiger partial charge in [0.15, 0.2) is 0 Å². The van der Waals surface area contributed by atoms with Crippen LogP contribution in [0.2, 0.25) is 0 Å². The minimum atomic E-state index is -0.582. The number of ether oxygens (including phenoxy) is 2. The van der Waals surface area contributed by atoms with Crippen LogP contribution in [0.3, 0.4) is 0 Å². The number of fused-ring (bicyclic) bond motifs is 1. The third-order valence-electron chi connectivity index (χ3n) is 6.69. The molecule has 0 saturated carbocycles. The van der Waals surface area contributed by atoms with Crippen molar-refractivity contribution in [3.63, 3.8) is 0 Å². The van der Waals surface area contributed by atoms with Crippen LogP contribution in [-0.4, -0.2) is 29.9 Å². The highest BCUT2D eigenvalue weighted by Gasteiger charge is 2.41. The van der Waals surface area contributed by atoms with Crippen molar-refractivity contribution >= 4 is 17.3 Å². The summed E-state index contributed by atoms with van der Waals surface area (Å²) in [6, 6.07) is 29.6. The lowest BCUT2D eigenvalue weighted by Gasteiger charge is -2.46. The van der Waals surface area contributed by atoms with Crippen LogP contribution in [0, 0.1) is 10.1 Å². The van der Waals surface area contributed by atoms with Gasteiger partial charge in [-0.25, -0.2) is 0 Å². The Balaban J connectivity index is 1.75. The molecule has 1 aliphatic heterocycles. The molecule has 0 saturated heterocycles. The summed E-state index contributed by atoms with van der Waals surface area (Å²) in [6.07, 6.45) is -0.582. The van der Waals surface area contributed by atoms with Crippen molar-refractivity contribution in [3.8, 4) is 11.5 Å². The molecule has 1 aliphatic rings. The van der Waals surface area contributed by atoms with Crippen LogP contribution < -0.4 is 14.4 Å². The van der Waals surface area contributed by atoms with Gasteiger partial charge in [-0.05, 0) is 35.4 Å². The Morgan fingerprint density at radius 1 is 0.789 bits per heavy atom. The van der Waals surface area contributed by atoms with E-state index >= 15 is 0 Å². The van der Waals surface area contributed by atoms with Gasteiger partial charge >= 0.3 is 0 Å². The highest BCUT2D eigenvalue weighted by molar-refractivity contribution is 6.02. The van der Waals surface area contributed by atoms with Crippen molar-refractivity contribution in [3.05, 3.63) is 129 Å². The summed E-state index contributed by atoms with van der Waals surface area (Å²) in [5.41, 5.74) is 3.47. The summed E-state index contributed by atoms with van der Waals surface area (Å²) in [7, 11) is 3.19. The molecule has 0 bridgehead atoms. The Morgan fingerprint density at radius 2 is 1.42 bits per heavy atom. The Hall–Kier alpha value is -4.85. The van der Waals surface area contributed by atoms with Gasteiger partial charge in [0.25, 0.3) is 11.6 Å². The number of amides is 1. The first kappa shape index (κ1) is 24.8. The zero-order valence-corrected chi connectivity index (χ0v) is 21.1. The molecule has 0 radical (unpaired) electrons. The molecule has 8 nitrogen and oxygen atoms in total. The van der Waals surface area contributed by atoms with E-state index < -0.39 is 11.1 Å². The fourth-order valence-electron chi connectivity index (χ4n) is 4.89. The molecule has 0 aromatic heterocycles. The number of nitro groups is 1. The maximum atomic E-state index is 14.1. The van der Waals surface area contributed by atoms with Gasteiger partial charge in [-0.1, -0.05) is 60.7 Å². The smallest absolute Gasteiger partial charge is 0.270 e. The Morgan fingerprint density at radius 3 is 2.00 bits per heavy atom. The molecule has 0 aliphatic carbocycles. The van der Waals surface area contributed by atoms with Gasteiger partial charge in [0, 0.05) is 30.8 Å². The molecule has 0 fully saturated rings. The molecule has 4 aromatic carbocycles. The van der Waals surface area contributed by atoms with Crippen molar-refractivity contribution in [1.29, 1.82) is 0 Å². The maximum Gasteiger partial charge on any atom is 0.270 e. The molecule has 192 valence electrons. The monoisotopic (exact) mass is 509 g/mol. The highest BCUT2D eigenvalue weighted by atomic mass is 16.6. The molecule has 8 heteroatoms. The third-order valence-corrected chi connectivity index (χ3v) is 6.69. The van der Waals surface area contributed by atoms with Crippen molar-refractivity contribution in [2.75, 3.05) is 19.1 Å². The number of carbonyl (C=O) groups is 1. The lowest BCUT2D eigenvalue weighted by Crippen LogP contribution is -2.49. The fourth-order valence-corrected chi connectivity index (χ4v) is 4.89. The second-order valence-corrected chi connectivity index (χ2v) is 8.97. The molecule has 0 unspecified atom stereocenters. The van der Waals surface area contributed by atoms with Gasteiger partial charge in [0.05, 0.1) is 30.4 Å². The van der Waals surface area contributed by atoms with E-state index in [-0.39, 0.29) is 23.7 Å². The van der Waals surface area contributed by atoms with E-state index in [2.05, 4.69) is 4.90 Å². The van der Waals surface area contributed by atoms with Crippen molar-refractivity contribution in [2.45, 2.75) is 19.3 Å². The predicted molar refractivity (Wildman–Crippen MR) is 144 cm³/mol. The molecule has 1 heterocycles. The number of nitro benzene ring substituents is 1. The Labute approximate surface area is 220 Å². The quantitative estimate of drug-likeness (QED) is 0.215. The molecular formula is C30H27N3O5. The average molecular weight is 510 g/mol. The minimum Gasteiger partial charge on any atom is -0.497 e. The first-order chi connectivity index (χ1) is 18.5. The lowest BCUT2D eigenvalue weighted by molar-refractivity contribution is -0.384. The zero-order chi connectivity index (χ0) is 26.6. The number of non-ortho nitro benzene ring substituents is 1. The number of hydrogen-bond acceptors (Lipinski definition) is 6. The standard InChI is InChI=1S/C30H27N3O5/c1-37-24-14-16-28(38-2)26(18-24)29-31(19-21-9-5-3-6-10-21)27-15-13-23(33(35)36)17-25(27)30(34)32(29)20-22-11-7-4-8-12-22/h3-18,29H,19-20H2,1-2H3/t29-/m1/s1. The van der Waals surface area contributed by atoms with Crippen molar-refractivity contribution in [1.82, 2.24) is 4.90 Å². The van der Waals surface area contributed by atoms with E-state index in [1.54, 1.807) is 25.2 Å². The maximum absolute atomic E-state index is 14.1. The molecule has 5 rings (SSSR count). The van der Waals surface area contributed by atoms with Crippen LogP contribution in [0.4, 0.5) is 11.4 Å². The molecule has 38 heavy (non-hydrogen) atoms. The van der Waals surface area contributed by atoms with Crippen LogP contribution in [-0.2, 0) is 13.1 Å². The van der Waals surface area contributed by atoms with Crippen LogP contribution in [0.15, 0.2) is 97.1 Å². The Kier molecular flexibility index (Phi) is 6.95. The predicted octanol–water partition coefficient (Wildman–Crippen LogP) is 5.97. The highest BCUT2D eigenvalue weighted by Crippen LogP contribution is 2.45. The topological polar surface area (TPSA) is 85.1 Å². The average Bonchev–Trinajstić information content (AvgIpc) is 2.96. The summed E-state index contributed by atoms with van der Waals surface area (Å²) in [6.45, 7) is 0.743. The van der Waals surface area contributed by atoms with E-state index in [1.807, 2.05) is 78.9 Å². The van der Waals surface area contributed by atoms with Crippen molar-refractivity contribution < 1.29 is 19.2 Å².